The van der Waals surface area contributed by atoms with Gasteiger partial charge in [0.1, 0.15) is 0 Å². The summed E-state index contributed by atoms with van der Waals surface area (Å²) in [6, 6.07) is 0.615. The van der Waals surface area contributed by atoms with Gasteiger partial charge in [-0.2, -0.15) is 0 Å². The molecule has 10 heavy (non-hydrogen) atoms. The van der Waals surface area contributed by atoms with Crippen molar-refractivity contribution in [3.8, 4) is 0 Å². The van der Waals surface area contributed by atoms with Crippen molar-refractivity contribution in [1.29, 1.82) is 0 Å². The van der Waals surface area contributed by atoms with Crippen molar-refractivity contribution in [1.82, 2.24) is 10.2 Å². The van der Waals surface area contributed by atoms with E-state index in [0.717, 1.165) is 32.6 Å². The number of hydrogen-bond acceptors (Lipinski definition) is 3. The first kappa shape index (κ1) is 6.58. The molecule has 2 N–H and O–H groups in total. The molecule has 2 aliphatic rings. The lowest BCUT2D eigenvalue weighted by Crippen LogP contribution is -2.47. The van der Waals surface area contributed by atoms with Crippen LogP contribution in [-0.2, 0) is 0 Å². The molecule has 2 saturated heterocycles. The highest BCUT2D eigenvalue weighted by Crippen LogP contribution is 2.18. The molecule has 0 aromatic heterocycles. The molecule has 2 rings (SSSR count). The zero-order chi connectivity index (χ0) is 6.97. The first-order valence-corrected chi connectivity index (χ1v) is 3.99. The molecule has 0 bridgehead atoms. The minimum absolute atomic E-state index is 0.0649. The topological polar surface area (TPSA) is 35.5 Å². The Labute approximate surface area is 61.0 Å². The van der Waals surface area contributed by atoms with Crippen molar-refractivity contribution in [3.05, 3.63) is 0 Å². The second-order valence-corrected chi connectivity index (χ2v) is 3.24. The molecule has 3 heteroatoms. The van der Waals surface area contributed by atoms with Gasteiger partial charge in [0.25, 0.3) is 0 Å². The van der Waals surface area contributed by atoms with Crippen LogP contribution in [0, 0.1) is 0 Å². The van der Waals surface area contributed by atoms with Crippen LogP contribution in [0.1, 0.15) is 6.42 Å². The second-order valence-electron chi connectivity index (χ2n) is 3.24. The van der Waals surface area contributed by atoms with E-state index in [1.165, 1.54) is 0 Å². The molecule has 0 radical (unpaired) electrons. The van der Waals surface area contributed by atoms with Crippen LogP contribution in [0.2, 0.25) is 0 Å². The van der Waals surface area contributed by atoms with Crippen molar-refractivity contribution in [2.75, 3.05) is 26.2 Å². The number of fused-ring (bicyclic) bond motifs is 1. The van der Waals surface area contributed by atoms with E-state index in [0.29, 0.717) is 6.04 Å². The molecule has 0 saturated carbocycles. The van der Waals surface area contributed by atoms with Crippen LogP contribution in [0.4, 0.5) is 0 Å². The summed E-state index contributed by atoms with van der Waals surface area (Å²) >= 11 is 0. The average Bonchev–Trinajstić information content (AvgIpc) is 2.27. The van der Waals surface area contributed by atoms with E-state index >= 15 is 0 Å². The molecule has 2 heterocycles. The number of aliphatic hydroxyl groups is 1. The molecular weight excluding hydrogens is 128 g/mol. The lowest BCUT2D eigenvalue weighted by atomic mass is 10.2. The molecule has 2 atom stereocenters. The van der Waals surface area contributed by atoms with E-state index in [9.17, 15) is 5.11 Å². The van der Waals surface area contributed by atoms with Gasteiger partial charge in [-0.3, -0.25) is 4.90 Å². The maximum atomic E-state index is 9.29. The standard InChI is InChI=1S/C7H14N2O/c10-7-3-6-4-8-1-2-9(6)5-7/h6-8,10H,1-5H2/t6-,7+/m1/s1. The highest BCUT2D eigenvalue weighted by atomic mass is 16.3. The molecule has 0 unspecified atom stereocenters. The van der Waals surface area contributed by atoms with E-state index in [1.807, 2.05) is 0 Å². The van der Waals surface area contributed by atoms with Crippen LogP contribution >= 0.6 is 0 Å². The second kappa shape index (κ2) is 2.49. The molecule has 3 nitrogen and oxygen atoms in total. The predicted molar refractivity (Wildman–Crippen MR) is 38.9 cm³/mol. The summed E-state index contributed by atoms with van der Waals surface area (Å²) in [4.78, 5) is 2.38. The van der Waals surface area contributed by atoms with Gasteiger partial charge in [-0.1, -0.05) is 0 Å². The van der Waals surface area contributed by atoms with Gasteiger partial charge in [0.15, 0.2) is 0 Å². The quantitative estimate of drug-likeness (QED) is 0.456. The smallest absolute Gasteiger partial charge is 0.0682 e. The highest BCUT2D eigenvalue weighted by Gasteiger charge is 2.31. The Balaban J connectivity index is 1.97. The van der Waals surface area contributed by atoms with Gasteiger partial charge < -0.3 is 10.4 Å². The van der Waals surface area contributed by atoms with Crippen LogP contribution < -0.4 is 5.32 Å². The van der Waals surface area contributed by atoms with Crippen LogP contribution in [0.5, 0.6) is 0 Å². The van der Waals surface area contributed by atoms with Crippen molar-refractivity contribution < 1.29 is 5.11 Å². The van der Waals surface area contributed by atoms with Crippen molar-refractivity contribution in [3.63, 3.8) is 0 Å². The highest BCUT2D eigenvalue weighted by molar-refractivity contribution is 4.89. The normalized spacial score (nSPS) is 41.7. The van der Waals surface area contributed by atoms with Gasteiger partial charge in [0.05, 0.1) is 6.10 Å². The van der Waals surface area contributed by atoms with E-state index < -0.39 is 0 Å². The summed E-state index contributed by atoms with van der Waals surface area (Å²) in [6.45, 7) is 4.16. The Kier molecular flexibility index (Phi) is 1.64. The SMILES string of the molecule is O[C@H]1C[C@@H]2CNCCN2C1. The molecule has 0 spiro atoms. The Morgan fingerprint density at radius 3 is 3.20 bits per heavy atom. The fourth-order valence-electron chi connectivity index (χ4n) is 1.94. The van der Waals surface area contributed by atoms with Gasteiger partial charge >= 0.3 is 0 Å². The van der Waals surface area contributed by atoms with Gasteiger partial charge in [-0.15, -0.1) is 0 Å². The van der Waals surface area contributed by atoms with E-state index in [4.69, 9.17) is 0 Å². The first-order chi connectivity index (χ1) is 4.86. The zero-order valence-corrected chi connectivity index (χ0v) is 6.08. The third kappa shape index (κ3) is 1.05. The lowest BCUT2D eigenvalue weighted by molar-refractivity contribution is 0.170. The Bertz CT molecular complexity index is 115. The molecule has 2 aliphatic heterocycles. The summed E-state index contributed by atoms with van der Waals surface area (Å²) in [5, 5.41) is 12.6. The maximum Gasteiger partial charge on any atom is 0.0682 e. The summed E-state index contributed by atoms with van der Waals surface area (Å²) in [7, 11) is 0. The summed E-state index contributed by atoms with van der Waals surface area (Å²) in [5.41, 5.74) is 0. The monoisotopic (exact) mass is 142 g/mol. The van der Waals surface area contributed by atoms with Crippen LogP contribution in [0.15, 0.2) is 0 Å². The van der Waals surface area contributed by atoms with Gasteiger partial charge in [-0.25, -0.2) is 0 Å². The van der Waals surface area contributed by atoms with Crippen molar-refractivity contribution in [2.45, 2.75) is 18.6 Å². The summed E-state index contributed by atoms with van der Waals surface area (Å²) < 4.78 is 0. The van der Waals surface area contributed by atoms with Crippen LogP contribution in [-0.4, -0.2) is 48.3 Å². The Hall–Kier alpha value is -0.120. The van der Waals surface area contributed by atoms with Crippen LogP contribution in [0.25, 0.3) is 0 Å². The molecule has 2 fully saturated rings. The summed E-state index contributed by atoms with van der Waals surface area (Å²) in [5.74, 6) is 0. The third-order valence-electron chi connectivity index (χ3n) is 2.46. The van der Waals surface area contributed by atoms with E-state index in [-0.39, 0.29) is 6.10 Å². The van der Waals surface area contributed by atoms with E-state index in [2.05, 4.69) is 10.2 Å². The van der Waals surface area contributed by atoms with Crippen molar-refractivity contribution >= 4 is 0 Å². The number of rotatable bonds is 0. The van der Waals surface area contributed by atoms with E-state index in [1.54, 1.807) is 0 Å². The molecule has 0 aliphatic carbocycles. The minimum atomic E-state index is -0.0649. The number of hydrogen-bond donors (Lipinski definition) is 2. The van der Waals surface area contributed by atoms with Crippen LogP contribution in [0.3, 0.4) is 0 Å². The number of nitrogens with one attached hydrogen (secondary N) is 1. The molecule has 0 aromatic carbocycles. The molecule has 0 aromatic rings. The predicted octanol–water partition coefficient (Wildman–Crippen LogP) is -0.975. The fourth-order valence-corrected chi connectivity index (χ4v) is 1.94. The maximum absolute atomic E-state index is 9.29. The van der Waals surface area contributed by atoms with Crippen molar-refractivity contribution in [2.24, 2.45) is 0 Å². The Morgan fingerprint density at radius 1 is 1.50 bits per heavy atom. The third-order valence-corrected chi connectivity index (χ3v) is 2.46. The largest absolute Gasteiger partial charge is 0.392 e. The Morgan fingerprint density at radius 2 is 2.40 bits per heavy atom. The number of aliphatic hydroxyl groups excluding tert-OH is 1. The fraction of sp³-hybridized carbons (Fsp3) is 1.00. The lowest BCUT2D eigenvalue weighted by Gasteiger charge is -2.29. The van der Waals surface area contributed by atoms with Gasteiger partial charge in [0.2, 0.25) is 0 Å². The van der Waals surface area contributed by atoms with Gasteiger partial charge in [0, 0.05) is 32.2 Å². The zero-order valence-electron chi connectivity index (χ0n) is 6.08. The average molecular weight is 142 g/mol. The van der Waals surface area contributed by atoms with Gasteiger partial charge in [-0.05, 0) is 6.42 Å². The minimum Gasteiger partial charge on any atom is -0.392 e. The number of piperazine rings is 1. The molecule has 58 valence electrons. The number of nitrogens with zero attached hydrogens (tertiary/aromatic N) is 1. The summed E-state index contributed by atoms with van der Waals surface area (Å²) in [6.07, 6.45) is 0.900. The first-order valence-electron chi connectivity index (χ1n) is 3.99. The molecular formula is C7H14N2O. The molecule has 0 amide bonds.